The first kappa shape index (κ1) is 30.7. The highest BCUT2D eigenvalue weighted by molar-refractivity contribution is 5.80. The SMILES string of the molecule is CCC(C=N)C1=CC2=C(CC1)C1(c3ccccc3O2)c2ccccc2Oc2cc(C3=CC4C5=C(CCC=C5)N(C5CC=CCC5)C4C=C3)ccc21. The van der Waals surface area contributed by atoms with Crippen LogP contribution in [-0.4, -0.2) is 23.2 Å². The molecule has 0 aromatic heterocycles. The minimum Gasteiger partial charge on any atom is -0.457 e. The Morgan fingerprint density at radius 3 is 2.45 bits per heavy atom. The van der Waals surface area contributed by atoms with Crippen LogP contribution in [0.25, 0.3) is 5.57 Å². The summed E-state index contributed by atoms with van der Waals surface area (Å²) in [5, 5.41) is 8.11. The molecule has 0 saturated carbocycles. The van der Waals surface area contributed by atoms with E-state index < -0.39 is 5.41 Å². The number of ether oxygens (including phenoxy) is 2. The summed E-state index contributed by atoms with van der Waals surface area (Å²) in [5.74, 6) is 4.11. The molecule has 0 saturated heterocycles. The number of nitrogens with zero attached hydrogens (tertiary/aromatic N) is 1. The number of nitrogens with one attached hydrogen (secondary N) is 1. The van der Waals surface area contributed by atoms with Gasteiger partial charge in [0, 0.05) is 46.5 Å². The molecule has 3 heterocycles. The normalized spacial score (nSPS) is 27.2. The molecule has 5 unspecified atom stereocenters. The lowest BCUT2D eigenvalue weighted by Gasteiger charge is -2.47. The van der Waals surface area contributed by atoms with Gasteiger partial charge in [0.25, 0.3) is 0 Å². The zero-order valence-corrected chi connectivity index (χ0v) is 29.3. The van der Waals surface area contributed by atoms with E-state index in [4.69, 9.17) is 14.9 Å². The summed E-state index contributed by atoms with van der Waals surface area (Å²) in [6.45, 7) is 2.16. The van der Waals surface area contributed by atoms with Crippen LogP contribution in [0.2, 0.25) is 0 Å². The van der Waals surface area contributed by atoms with Gasteiger partial charge in [-0.3, -0.25) is 0 Å². The van der Waals surface area contributed by atoms with E-state index in [0.29, 0.717) is 18.0 Å². The fraction of sp³-hybridized carbons (Fsp3) is 0.298. The van der Waals surface area contributed by atoms with Crippen molar-refractivity contribution in [2.75, 3.05) is 0 Å². The number of fused-ring (bicyclic) bond motifs is 9. The first-order chi connectivity index (χ1) is 25.2. The van der Waals surface area contributed by atoms with Crippen LogP contribution in [-0.2, 0) is 5.41 Å². The molecule has 0 bridgehead atoms. The fourth-order valence-electron chi connectivity index (χ4n) is 10.3. The predicted octanol–water partition coefficient (Wildman–Crippen LogP) is 11.1. The summed E-state index contributed by atoms with van der Waals surface area (Å²) in [7, 11) is 0. The summed E-state index contributed by atoms with van der Waals surface area (Å²) in [6.07, 6.45) is 29.3. The monoisotopic (exact) mass is 668 g/mol. The lowest BCUT2D eigenvalue weighted by molar-refractivity contribution is 0.199. The molecule has 7 aliphatic rings. The molecule has 3 aliphatic heterocycles. The minimum absolute atomic E-state index is 0.131. The van der Waals surface area contributed by atoms with Gasteiger partial charge in [-0.2, -0.15) is 0 Å². The number of rotatable bonds is 5. The van der Waals surface area contributed by atoms with E-state index in [1.54, 1.807) is 11.9 Å². The molecule has 3 aromatic carbocycles. The van der Waals surface area contributed by atoms with E-state index in [-0.39, 0.29) is 5.92 Å². The van der Waals surface area contributed by atoms with E-state index in [9.17, 15) is 0 Å². The molecule has 0 amide bonds. The molecular weight excluding hydrogens is 625 g/mol. The van der Waals surface area contributed by atoms with Gasteiger partial charge in [0.1, 0.15) is 23.0 Å². The standard InChI is InChI=1S/C47H44N2O2/c1-2-30(29-48)32-20-23-39-45(27-32)50-43-18-10-7-15-37(43)47(39)38-16-8-11-19-44(38)51-46-28-33(21-24-40(46)47)31-22-25-42-36(26-31)35-14-6-9-17-41(35)49(42)34-12-4-3-5-13-34/h3-4,6-8,10-11,14-16,18-19,21-22,24-30,34,36,42,48H,2,5,9,12-13,17,20,23H2,1H3. The van der Waals surface area contributed by atoms with E-state index in [1.807, 2.05) is 0 Å². The first-order valence-electron chi connectivity index (χ1n) is 19.1. The van der Waals surface area contributed by atoms with Crippen molar-refractivity contribution in [2.45, 2.75) is 75.8 Å². The van der Waals surface area contributed by atoms with Crippen molar-refractivity contribution in [3.8, 4) is 17.2 Å². The van der Waals surface area contributed by atoms with E-state index in [1.165, 1.54) is 46.3 Å². The van der Waals surface area contributed by atoms with Gasteiger partial charge in [0.15, 0.2) is 0 Å². The number of hydrogen-bond donors (Lipinski definition) is 1. The molecule has 51 heavy (non-hydrogen) atoms. The Kier molecular flexibility index (Phi) is 7.23. The minimum atomic E-state index is -0.545. The summed E-state index contributed by atoms with van der Waals surface area (Å²) < 4.78 is 13.7. The van der Waals surface area contributed by atoms with Crippen LogP contribution in [0.15, 0.2) is 144 Å². The van der Waals surface area contributed by atoms with Gasteiger partial charge in [-0.25, -0.2) is 0 Å². The summed E-state index contributed by atoms with van der Waals surface area (Å²) in [6, 6.07) is 25.1. The fourth-order valence-corrected chi connectivity index (χ4v) is 10.3. The maximum Gasteiger partial charge on any atom is 0.132 e. The second-order valence-corrected chi connectivity index (χ2v) is 15.1. The maximum atomic E-state index is 8.11. The highest BCUT2D eigenvalue weighted by Crippen LogP contribution is 2.62. The third kappa shape index (κ3) is 4.54. The summed E-state index contributed by atoms with van der Waals surface area (Å²) in [4.78, 5) is 2.79. The van der Waals surface area contributed by atoms with Gasteiger partial charge >= 0.3 is 0 Å². The third-order valence-electron chi connectivity index (χ3n) is 12.6. The predicted molar refractivity (Wildman–Crippen MR) is 205 cm³/mol. The van der Waals surface area contributed by atoms with Crippen LogP contribution in [0.5, 0.6) is 17.2 Å². The number of allylic oxidation sites excluding steroid dienone is 9. The lowest BCUT2D eigenvalue weighted by atomic mass is 9.60. The van der Waals surface area contributed by atoms with Crippen molar-refractivity contribution < 1.29 is 9.47 Å². The maximum absolute atomic E-state index is 8.11. The van der Waals surface area contributed by atoms with Crippen LogP contribution in [0, 0.1) is 17.2 Å². The van der Waals surface area contributed by atoms with Crippen LogP contribution >= 0.6 is 0 Å². The smallest absolute Gasteiger partial charge is 0.132 e. The highest BCUT2D eigenvalue weighted by Gasteiger charge is 2.52. The Balaban J connectivity index is 1.11. The van der Waals surface area contributed by atoms with Gasteiger partial charge in [0.2, 0.25) is 0 Å². The number of hydrogen-bond acceptors (Lipinski definition) is 4. The Hall–Kier alpha value is -5.09. The van der Waals surface area contributed by atoms with Crippen molar-refractivity contribution in [2.24, 2.45) is 11.8 Å². The van der Waals surface area contributed by atoms with Crippen LogP contribution in [0.1, 0.15) is 80.5 Å². The largest absolute Gasteiger partial charge is 0.457 e. The van der Waals surface area contributed by atoms with Crippen LogP contribution in [0.4, 0.5) is 0 Å². The number of para-hydroxylation sites is 2. The summed E-state index contributed by atoms with van der Waals surface area (Å²) in [5.41, 5.74) is 11.0. The molecule has 10 rings (SSSR count). The third-order valence-corrected chi connectivity index (χ3v) is 12.6. The van der Waals surface area contributed by atoms with E-state index in [0.717, 1.165) is 72.7 Å². The Labute approximate surface area is 301 Å². The van der Waals surface area contributed by atoms with Gasteiger partial charge in [0.05, 0.1) is 11.5 Å². The molecule has 4 heteroatoms. The molecule has 3 aromatic rings. The topological polar surface area (TPSA) is 45.6 Å². The van der Waals surface area contributed by atoms with Gasteiger partial charge in [-0.05, 0) is 97.9 Å². The molecule has 4 aliphatic carbocycles. The van der Waals surface area contributed by atoms with Crippen molar-refractivity contribution in [1.29, 1.82) is 5.41 Å². The van der Waals surface area contributed by atoms with Crippen molar-refractivity contribution in [3.05, 3.63) is 166 Å². The van der Waals surface area contributed by atoms with Gasteiger partial charge < -0.3 is 19.8 Å². The quantitative estimate of drug-likeness (QED) is 0.217. The molecule has 4 nitrogen and oxygen atoms in total. The Morgan fingerprint density at radius 1 is 0.863 bits per heavy atom. The van der Waals surface area contributed by atoms with E-state index in [2.05, 4.69) is 127 Å². The zero-order valence-electron chi connectivity index (χ0n) is 29.3. The summed E-state index contributed by atoms with van der Waals surface area (Å²) >= 11 is 0. The Morgan fingerprint density at radius 2 is 1.67 bits per heavy atom. The van der Waals surface area contributed by atoms with Crippen molar-refractivity contribution in [1.82, 2.24) is 4.90 Å². The highest BCUT2D eigenvalue weighted by atomic mass is 16.5. The Bertz CT molecular complexity index is 2190. The second kappa shape index (κ2) is 12.0. The molecule has 1 spiro atoms. The van der Waals surface area contributed by atoms with Gasteiger partial charge in [-0.15, -0.1) is 0 Å². The first-order valence-corrected chi connectivity index (χ1v) is 19.1. The average molecular weight is 669 g/mol. The average Bonchev–Trinajstić information content (AvgIpc) is 3.52. The second-order valence-electron chi connectivity index (χ2n) is 15.1. The van der Waals surface area contributed by atoms with Crippen molar-refractivity contribution in [3.63, 3.8) is 0 Å². The molecule has 0 fully saturated rings. The van der Waals surface area contributed by atoms with E-state index >= 15 is 0 Å². The van der Waals surface area contributed by atoms with Crippen LogP contribution in [0.3, 0.4) is 0 Å². The van der Waals surface area contributed by atoms with Gasteiger partial charge in [-0.1, -0.05) is 104 Å². The van der Waals surface area contributed by atoms with Crippen LogP contribution < -0.4 is 9.47 Å². The molecule has 0 radical (unpaired) electrons. The molecular formula is C47H44N2O2. The molecule has 5 atom stereocenters. The molecule has 1 N–H and O–H groups in total. The number of benzene rings is 3. The lowest BCUT2D eigenvalue weighted by Crippen LogP contribution is -2.41. The molecule has 254 valence electrons. The van der Waals surface area contributed by atoms with Crippen molar-refractivity contribution >= 4 is 11.8 Å². The zero-order chi connectivity index (χ0) is 34.1.